The molecule has 2 aliphatic heterocycles. The highest BCUT2D eigenvalue weighted by Gasteiger charge is 2.30. The highest BCUT2D eigenvalue weighted by molar-refractivity contribution is 6.48. The van der Waals surface area contributed by atoms with Gasteiger partial charge in [-0.1, -0.05) is 52.0 Å². The number of carbonyl (C=O) groups excluding carboxylic acids is 5. The Morgan fingerprint density at radius 1 is 0.642 bits per heavy atom. The number of carbonyl (C=O) groups is 5. The molecular formula is C58H76N14O9. The SMILES string of the molecule is CCNC(=O)C(=N)N(C(=N)c1cc(C(C)C)c(O)cc1O)c1ccc(CN2CCN(C(=O)CCNC(=O)[C@H](N)CCC(=O)N3CCN(Cc4ccc(-n5c(C(=O)NCC)nnc5-c5cc(C(C)C)c(O)cc5O)cc4)CC3)CC2)cc1. The van der Waals surface area contributed by atoms with Gasteiger partial charge in [0.25, 0.3) is 11.8 Å². The fraction of sp³-hybridized carbons (Fsp3) is 0.431. The van der Waals surface area contributed by atoms with Gasteiger partial charge >= 0.3 is 0 Å². The van der Waals surface area contributed by atoms with Gasteiger partial charge in [0.05, 0.1) is 17.2 Å². The molecule has 23 nitrogen and oxygen atoms in total. The lowest BCUT2D eigenvalue weighted by Crippen LogP contribution is -2.49. The van der Waals surface area contributed by atoms with Crippen LogP contribution in [0.25, 0.3) is 17.1 Å². The molecule has 0 spiro atoms. The van der Waals surface area contributed by atoms with E-state index in [1.165, 1.54) is 12.1 Å². The van der Waals surface area contributed by atoms with Gasteiger partial charge in [-0.05, 0) is 90.8 Å². The molecule has 1 atom stereocenters. The molecule has 0 bridgehead atoms. The minimum absolute atomic E-state index is 0.0421. The number of nitrogens with one attached hydrogen (secondary N) is 5. The summed E-state index contributed by atoms with van der Waals surface area (Å²) in [5.74, 6) is -3.20. The van der Waals surface area contributed by atoms with Crippen LogP contribution < -0.4 is 26.6 Å². The summed E-state index contributed by atoms with van der Waals surface area (Å²) in [5.41, 5.74) is 10.6. The quantitative estimate of drug-likeness (QED) is 0.0384. The molecule has 5 aromatic rings. The van der Waals surface area contributed by atoms with Gasteiger partial charge in [-0.25, -0.2) is 0 Å². The Labute approximate surface area is 471 Å². The number of aromatic hydroxyl groups is 4. The zero-order valence-corrected chi connectivity index (χ0v) is 47.0. The van der Waals surface area contributed by atoms with Gasteiger partial charge in [-0.15, -0.1) is 10.2 Å². The second-order valence-corrected chi connectivity index (χ2v) is 20.9. The molecule has 1 aromatic heterocycles. The molecule has 2 aliphatic rings. The monoisotopic (exact) mass is 1110 g/mol. The third-order valence-corrected chi connectivity index (χ3v) is 14.5. The Hall–Kier alpha value is -8.41. The predicted octanol–water partition coefficient (Wildman–Crippen LogP) is 4.30. The van der Waals surface area contributed by atoms with Gasteiger partial charge in [-0.3, -0.25) is 54.1 Å². The Balaban J connectivity index is 0.821. The number of amides is 5. The molecule has 0 aliphatic carbocycles. The number of nitrogens with two attached hydrogens (primary N) is 1. The van der Waals surface area contributed by atoms with Crippen molar-refractivity contribution in [3.8, 4) is 40.1 Å². The standard InChI is InChI=1S/C58H76N14O9/c1-7-62-57(80)53(61)71(52(60)43-29-41(35(3)4)46(73)31-48(43)75)39-13-9-37(10-14-39)33-68-23-27-70(28-24-68)51(78)19-20-64-56(79)45(59)17-18-50(77)69-25-21-67(22-26-69)34-38-11-15-40(16-12-38)72-54(65-66-55(72)58(81)63-8-2)44-30-42(36(5)6)47(74)32-49(44)76/h9-16,29-32,35-36,45,60-61,73-76H,7-8,17-28,33-34,59H2,1-6H3,(H,62,80)(H,63,81)(H,64,79)/t45-/m1/s1. The number of anilines is 1. The fourth-order valence-electron chi connectivity index (χ4n) is 9.89. The van der Waals surface area contributed by atoms with Crippen LogP contribution in [0.5, 0.6) is 23.0 Å². The van der Waals surface area contributed by atoms with Crippen LogP contribution in [0.4, 0.5) is 5.69 Å². The van der Waals surface area contributed by atoms with E-state index in [9.17, 15) is 44.4 Å². The number of phenols is 4. The van der Waals surface area contributed by atoms with E-state index in [0.29, 0.717) is 100 Å². The van der Waals surface area contributed by atoms with Crippen LogP contribution in [-0.4, -0.2) is 174 Å². The first-order chi connectivity index (χ1) is 38.7. The maximum absolute atomic E-state index is 13.2. The molecule has 2 saturated heterocycles. The van der Waals surface area contributed by atoms with Crippen LogP contribution in [0.1, 0.15) is 111 Å². The van der Waals surface area contributed by atoms with E-state index >= 15 is 0 Å². The van der Waals surface area contributed by atoms with E-state index in [1.54, 1.807) is 46.4 Å². The van der Waals surface area contributed by atoms with Crippen molar-refractivity contribution in [3.05, 3.63) is 106 Å². The smallest absolute Gasteiger partial charge is 0.289 e. The second kappa shape index (κ2) is 27.2. The third-order valence-electron chi connectivity index (χ3n) is 14.5. The minimum Gasteiger partial charge on any atom is -0.508 e. The number of aromatic nitrogens is 3. The van der Waals surface area contributed by atoms with Crippen LogP contribution in [0, 0.1) is 10.8 Å². The Kier molecular flexibility index (Phi) is 20.2. The number of hydrogen-bond acceptors (Lipinski definition) is 16. The average Bonchev–Trinajstić information content (AvgIpc) is 3.88. The first kappa shape index (κ1) is 60.2. The molecule has 81 heavy (non-hydrogen) atoms. The van der Waals surface area contributed by atoms with Crippen LogP contribution in [-0.2, 0) is 32.3 Å². The molecule has 432 valence electrons. The summed E-state index contributed by atoms with van der Waals surface area (Å²) in [6.45, 7) is 17.5. The van der Waals surface area contributed by atoms with Gasteiger partial charge in [0, 0.05) is 121 Å². The molecule has 3 heterocycles. The van der Waals surface area contributed by atoms with Crippen LogP contribution in [0.15, 0.2) is 72.8 Å². The van der Waals surface area contributed by atoms with Crippen molar-refractivity contribution in [2.24, 2.45) is 5.73 Å². The highest BCUT2D eigenvalue weighted by Crippen LogP contribution is 2.39. The van der Waals surface area contributed by atoms with Crippen molar-refractivity contribution in [3.63, 3.8) is 0 Å². The molecule has 0 unspecified atom stereocenters. The van der Waals surface area contributed by atoms with E-state index in [4.69, 9.17) is 16.6 Å². The number of benzene rings is 4. The van der Waals surface area contributed by atoms with Crippen LogP contribution in [0.2, 0.25) is 0 Å². The van der Waals surface area contributed by atoms with Crippen molar-refractivity contribution in [2.45, 2.75) is 91.8 Å². The molecule has 7 rings (SSSR count). The van der Waals surface area contributed by atoms with Gasteiger partial charge in [0.1, 0.15) is 28.8 Å². The van der Waals surface area contributed by atoms with Crippen molar-refractivity contribution in [2.75, 3.05) is 76.9 Å². The first-order valence-corrected chi connectivity index (χ1v) is 27.5. The van der Waals surface area contributed by atoms with Gasteiger partial charge in [0.2, 0.25) is 23.5 Å². The number of rotatable bonds is 20. The lowest BCUT2D eigenvalue weighted by Gasteiger charge is -2.35. The van der Waals surface area contributed by atoms with Crippen LogP contribution >= 0.6 is 0 Å². The fourth-order valence-corrected chi connectivity index (χ4v) is 9.89. The van der Waals surface area contributed by atoms with Gasteiger partial charge in [0.15, 0.2) is 11.7 Å². The van der Waals surface area contributed by atoms with Crippen molar-refractivity contribution < 1.29 is 44.4 Å². The second-order valence-electron chi connectivity index (χ2n) is 20.9. The largest absolute Gasteiger partial charge is 0.508 e. The summed E-state index contributed by atoms with van der Waals surface area (Å²) in [5, 5.41) is 76.9. The number of nitrogens with zero attached hydrogens (tertiary/aromatic N) is 8. The summed E-state index contributed by atoms with van der Waals surface area (Å²) in [4.78, 5) is 74.5. The Morgan fingerprint density at radius 3 is 1.70 bits per heavy atom. The summed E-state index contributed by atoms with van der Waals surface area (Å²) in [7, 11) is 0. The topological polar surface area (TPSA) is 323 Å². The van der Waals surface area contributed by atoms with Crippen LogP contribution in [0.3, 0.4) is 0 Å². The zero-order valence-electron chi connectivity index (χ0n) is 47.0. The molecule has 11 N–H and O–H groups in total. The zero-order chi connectivity index (χ0) is 58.7. The molecule has 23 heteroatoms. The predicted molar refractivity (Wildman–Crippen MR) is 307 cm³/mol. The maximum Gasteiger partial charge on any atom is 0.289 e. The number of likely N-dealkylation sites (N-methyl/N-ethyl adjacent to an activating group) is 1. The molecule has 4 aromatic carbocycles. The summed E-state index contributed by atoms with van der Waals surface area (Å²) < 4.78 is 1.59. The Morgan fingerprint density at radius 2 is 1.16 bits per heavy atom. The van der Waals surface area contributed by atoms with Crippen molar-refractivity contribution in [1.82, 2.24) is 50.3 Å². The van der Waals surface area contributed by atoms with Gasteiger partial charge < -0.3 is 51.9 Å². The number of phenolic OH excluding ortho intramolecular Hbond substituents is 4. The molecule has 2 fully saturated rings. The molecule has 0 saturated carbocycles. The van der Waals surface area contributed by atoms with E-state index in [2.05, 4.69) is 35.9 Å². The molecule has 0 radical (unpaired) electrons. The number of amidine groups is 2. The first-order valence-electron chi connectivity index (χ1n) is 27.5. The van der Waals surface area contributed by atoms with E-state index < -0.39 is 29.6 Å². The minimum atomic E-state index is -0.921. The molecular weight excluding hydrogens is 1040 g/mol. The summed E-state index contributed by atoms with van der Waals surface area (Å²) in [6, 6.07) is 19.3. The van der Waals surface area contributed by atoms with Crippen molar-refractivity contribution in [1.29, 1.82) is 10.8 Å². The normalized spacial score (nSPS) is 14.4. The van der Waals surface area contributed by atoms with Gasteiger partial charge in [-0.2, -0.15) is 0 Å². The number of hydrogen-bond donors (Lipinski definition) is 10. The van der Waals surface area contributed by atoms with Crippen molar-refractivity contribution >= 4 is 46.9 Å². The third kappa shape index (κ3) is 14.7. The summed E-state index contributed by atoms with van der Waals surface area (Å²) >= 11 is 0. The highest BCUT2D eigenvalue weighted by atomic mass is 16.3. The average molecular weight is 1110 g/mol. The van der Waals surface area contributed by atoms with E-state index in [0.717, 1.165) is 22.1 Å². The Bertz CT molecular complexity index is 3090. The maximum atomic E-state index is 13.2. The lowest BCUT2D eigenvalue weighted by molar-refractivity contribution is -0.133. The summed E-state index contributed by atoms with van der Waals surface area (Å²) in [6.07, 6.45) is 0.353. The number of piperazine rings is 2. The lowest BCUT2D eigenvalue weighted by atomic mass is 9.98. The van der Waals surface area contributed by atoms with E-state index in [1.807, 2.05) is 64.1 Å². The van der Waals surface area contributed by atoms with E-state index in [-0.39, 0.29) is 102 Å². The molecule has 5 amide bonds.